The van der Waals surface area contributed by atoms with Crippen molar-refractivity contribution in [2.24, 2.45) is 11.8 Å². The second-order valence-corrected chi connectivity index (χ2v) is 5.45. The van der Waals surface area contributed by atoms with Crippen molar-refractivity contribution in [3.05, 3.63) is 11.6 Å². The molecule has 84 valence electrons. The Morgan fingerprint density at radius 3 is 2.00 bits per heavy atom. The standard InChI is InChI=1S/C9H12O4S2/c1-5-4-6(2)9(15(12)13)7(3)8(5)14(10)11/h4-5,7H,1-3H3. The SMILES string of the molecule is CC1=CC(C)C(=S(=O)=O)C(C)C1=S(=O)=O. The zero-order valence-corrected chi connectivity index (χ0v) is 10.3. The normalized spacial score (nSPS) is 26.2. The Balaban J connectivity index is 3.64. The lowest BCUT2D eigenvalue weighted by Gasteiger charge is -2.23. The molecular weight excluding hydrogens is 236 g/mol. The average molecular weight is 248 g/mol. The number of hydrogen-bond acceptors (Lipinski definition) is 4. The lowest BCUT2D eigenvalue weighted by atomic mass is 9.84. The summed E-state index contributed by atoms with van der Waals surface area (Å²) >= 11 is 0. The van der Waals surface area contributed by atoms with Crippen LogP contribution in [0.5, 0.6) is 0 Å². The maximum absolute atomic E-state index is 11.0. The van der Waals surface area contributed by atoms with Gasteiger partial charge in [-0.15, -0.1) is 0 Å². The van der Waals surface area contributed by atoms with E-state index in [1.54, 1.807) is 26.8 Å². The van der Waals surface area contributed by atoms with Crippen molar-refractivity contribution >= 4 is 30.3 Å². The van der Waals surface area contributed by atoms with E-state index in [1.165, 1.54) is 0 Å². The molecule has 0 N–H and O–H groups in total. The summed E-state index contributed by atoms with van der Waals surface area (Å²) in [6.45, 7) is 5.03. The van der Waals surface area contributed by atoms with Crippen LogP contribution in [0.3, 0.4) is 0 Å². The first-order valence-electron chi connectivity index (χ1n) is 4.47. The maximum atomic E-state index is 11.0. The van der Waals surface area contributed by atoms with Gasteiger partial charge in [-0.1, -0.05) is 19.9 Å². The molecule has 1 aliphatic carbocycles. The van der Waals surface area contributed by atoms with Gasteiger partial charge in [0.15, 0.2) is 0 Å². The van der Waals surface area contributed by atoms with Crippen molar-refractivity contribution in [3.8, 4) is 0 Å². The molecule has 0 aromatic carbocycles. The molecule has 0 fully saturated rings. The van der Waals surface area contributed by atoms with Gasteiger partial charge in [0, 0.05) is 11.8 Å². The molecule has 0 radical (unpaired) electrons. The summed E-state index contributed by atoms with van der Waals surface area (Å²) in [6, 6.07) is 0. The third kappa shape index (κ3) is 2.21. The summed E-state index contributed by atoms with van der Waals surface area (Å²) in [5.74, 6) is -0.785. The van der Waals surface area contributed by atoms with Crippen LogP contribution in [0.25, 0.3) is 0 Å². The molecule has 0 amide bonds. The van der Waals surface area contributed by atoms with Gasteiger partial charge in [0.2, 0.25) is 20.6 Å². The smallest absolute Gasteiger partial charge is 0.185 e. The fraction of sp³-hybridized carbons (Fsp3) is 0.556. The second kappa shape index (κ2) is 4.32. The molecule has 2 atom stereocenters. The summed E-state index contributed by atoms with van der Waals surface area (Å²) in [5.41, 5.74) is 0.637. The number of allylic oxidation sites excluding steroid dienone is 2. The van der Waals surface area contributed by atoms with Crippen LogP contribution in [0.2, 0.25) is 0 Å². The van der Waals surface area contributed by atoms with Gasteiger partial charge in [0.25, 0.3) is 0 Å². The summed E-state index contributed by atoms with van der Waals surface area (Å²) in [4.78, 5) is 0.409. The average Bonchev–Trinajstić information content (AvgIpc) is 1.99. The third-order valence-corrected chi connectivity index (χ3v) is 4.67. The largest absolute Gasteiger partial charge is 0.218 e. The van der Waals surface area contributed by atoms with Gasteiger partial charge in [-0.25, -0.2) is 0 Å². The van der Waals surface area contributed by atoms with Gasteiger partial charge in [-0.2, -0.15) is 16.8 Å². The van der Waals surface area contributed by atoms with Gasteiger partial charge in [0.1, 0.15) is 0 Å². The predicted octanol–water partition coefficient (Wildman–Crippen LogP) is 0.322. The molecule has 0 heterocycles. The van der Waals surface area contributed by atoms with Crippen LogP contribution in [0.4, 0.5) is 0 Å². The second-order valence-electron chi connectivity index (χ2n) is 3.60. The number of hydrogen-bond donors (Lipinski definition) is 0. The lowest BCUT2D eigenvalue weighted by molar-refractivity contribution is 0.625. The molecule has 0 saturated carbocycles. The molecule has 0 bridgehead atoms. The molecule has 2 unspecified atom stereocenters. The van der Waals surface area contributed by atoms with Crippen LogP contribution < -0.4 is 0 Å². The van der Waals surface area contributed by atoms with Crippen LogP contribution in [0.1, 0.15) is 20.8 Å². The van der Waals surface area contributed by atoms with E-state index in [1.807, 2.05) is 0 Å². The van der Waals surface area contributed by atoms with E-state index in [4.69, 9.17) is 0 Å². The van der Waals surface area contributed by atoms with E-state index in [0.29, 0.717) is 5.57 Å². The van der Waals surface area contributed by atoms with Crippen molar-refractivity contribution in [2.75, 3.05) is 0 Å². The van der Waals surface area contributed by atoms with E-state index >= 15 is 0 Å². The van der Waals surface area contributed by atoms with Crippen molar-refractivity contribution in [3.63, 3.8) is 0 Å². The Morgan fingerprint density at radius 1 is 1.07 bits per heavy atom. The summed E-state index contributed by atoms with van der Waals surface area (Å²) in [7, 11) is -4.70. The molecule has 4 nitrogen and oxygen atoms in total. The Bertz CT molecular complexity index is 560. The van der Waals surface area contributed by atoms with Gasteiger partial charge in [-0.05, 0) is 12.5 Å². The zero-order valence-electron chi connectivity index (χ0n) is 8.68. The summed E-state index contributed by atoms with van der Waals surface area (Å²) in [5, 5.41) is 0. The highest BCUT2D eigenvalue weighted by molar-refractivity contribution is 7.75. The van der Waals surface area contributed by atoms with E-state index in [9.17, 15) is 16.8 Å². The zero-order chi connectivity index (χ0) is 11.7. The molecule has 0 aromatic rings. The van der Waals surface area contributed by atoms with Crippen molar-refractivity contribution < 1.29 is 16.8 Å². The molecule has 0 saturated heterocycles. The van der Waals surface area contributed by atoms with Crippen LogP contribution in [-0.4, -0.2) is 26.6 Å². The van der Waals surface area contributed by atoms with Crippen LogP contribution in [0.15, 0.2) is 11.6 Å². The Labute approximate surface area is 91.7 Å². The van der Waals surface area contributed by atoms with Crippen LogP contribution >= 0.6 is 0 Å². The van der Waals surface area contributed by atoms with Crippen LogP contribution in [-0.2, 0) is 20.6 Å². The summed E-state index contributed by atoms with van der Waals surface area (Å²) in [6.07, 6.45) is 1.66. The van der Waals surface area contributed by atoms with Gasteiger partial charge >= 0.3 is 0 Å². The Kier molecular flexibility index (Phi) is 3.51. The van der Waals surface area contributed by atoms with Gasteiger partial charge in [0.05, 0.1) is 9.73 Å². The molecule has 1 rings (SSSR count). The fourth-order valence-corrected chi connectivity index (χ4v) is 3.58. The first-order valence-corrected chi connectivity index (χ1v) is 6.62. The highest BCUT2D eigenvalue weighted by atomic mass is 32.2. The molecule has 0 aromatic heterocycles. The van der Waals surface area contributed by atoms with E-state index < -0.39 is 26.5 Å². The fourth-order valence-electron chi connectivity index (χ4n) is 1.98. The predicted molar refractivity (Wildman–Crippen MR) is 59.9 cm³/mol. The molecule has 0 spiro atoms. The third-order valence-electron chi connectivity index (χ3n) is 2.53. The number of rotatable bonds is 0. The summed E-state index contributed by atoms with van der Waals surface area (Å²) < 4.78 is 43.9. The van der Waals surface area contributed by atoms with Crippen molar-refractivity contribution in [2.45, 2.75) is 20.8 Å². The van der Waals surface area contributed by atoms with Crippen molar-refractivity contribution in [1.82, 2.24) is 0 Å². The van der Waals surface area contributed by atoms with E-state index in [-0.39, 0.29) is 15.6 Å². The first kappa shape index (κ1) is 12.2. The maximum Gasteiger partial charge on any atom is 0.218 e. The van der Waals surface area contributed by atoms with Crippen LogP contribution in [0, 0.1) is 11.8 Å². The molecule has 15 heavy (non-hydrogen) atoms. The highest BCUT2D eigenvalue weighted by Gasteiger charge is 2.29. The monoisotopic (exact) mass is 248 g/mol. The molecule has 1 aliphatic rings. The molecular formula is C9H12O4S2. The van der Waals surface area contributed by atoms with E-state index in [0.717, 1.165) is 0 Å². The molecule has 6 heteroatoms. The van der Waals surface area contributed by atoms with Crippen molar-refractivity contribution in [1.29, 1.82) is 0 Å². The minimum atomic E-state index is -2.36. The topological polar surface area (TPSA) is 68.3 Å². The molecule has 0 aliphatic heterocycles. The quantitative estimate of drug-likeness (QED) is 0.579. The highest BCUT2D eigenvalue weighted by Crippen LogP contribution is 2.22. The van der Waals surface area contributed by atoms with Gasteiger partial charge in [-0.3, -0.25) is 0 Å². The minimum Gasteiger partial charge on any atom is -0.185 e. The lowest BCUT2D eigenvalue weighted by Crippen LogP contribution is -2.32. The van der Waals surface area contributed by atoms with Gasteiger partial charge < -0.3 is 0 Å². The Morgan fingerprint density at radius 2 is 1.60 bits per heavy atom. The first-order chi connectivity index (χ1) is 6.86. The minimum absolute atomic E-state index is 0.173. The van der Waals surface area contributed by atoms with E-state index in [2.05, 4.69) is 0 Å². The Hall–Kier alpha value is -0.880.